The summed E-state index contributed by atoms with van der Waals surface area (Å²) in [5.41, 5.74) is 2.96. The summed E-state index contributed by atoms with van der Waals surface area (Å²) in [6, 6.07) is 3.02. The summed E-state index contributed by atoms with van der Waals surface area (Å²) >= 11 is 0. The maximum absolute atomic E-state index is 12.3. The molecule has 20 heavy (non-hydrogen) atoms. The maximum atomic E-state index is 12.3. The fourth-order valence-electron chi connectivity index (χ4n) is 2.57. The highest BCUT2D eigenvalue weighted by Crippen LogP contribution is 2.18. The van der Waals surface area contributed by atoms with Crippen molar-refractivity contribution in [1.29, 1.82) is 0 Å². The van der Waals surface area contributed by atoms with Gasteiger partial charge in [-0.3, -0.25) is 15.0 Å². The van der Waals surface area contributed by atoms with Crippen LogP contribution in [0.25, 0.3) is 0 Å². The third-order valence-electron chi connectivity index (χ3n) is 3.69. The van der Waals surface area contributed by atoms with Crippen LogP contribution in [-0.4, -0.2) is 40.1 Å². The van der Waals surface area contributed by atoms with Crippen molar-refractivity contribution in [2.75, 3.05) is 12.0 Å². The second-order valence-electron chi connectivity index (χ2n) is 5.22. The van der Waals surface area contributed by atoms with Crippen molar-refractivity contribution < 1.29 is 9.82 Å². The van der Waals surface area contributed by atoms with Crippen molar-refractivity contribution in [3.05, 3.63) is 34.2 Å². The van der Waals surface area contributed by atoms with Gasteiger partial charge in [0.1, 0.15) is 0 Å². The molecule has 1 fully saturated rings. The van der Waals surface area contributed by atoms with E-state index in [1.165, 1.54) is 10.9 Å². The quantitative estimate of drug-likeness (QED) is 0.773. The number of nitrogens with one attached hydrogen (secondary N) is 1. The normalized spacial score (nSPS) is 19.6. The Bertz CT molecular complexity index is 544. The number of carbonyl (C=O) groups is 1. The van der Waals surface area contributed by atoms with Gasteiger partial charge >= 0.3 is 7.05 Å². The molecule has 1 aliphatic rings. The molecule has 1 aromatic heterocycles. The largest absolute Gasteiger partial charge is 0.437 e. The third-order valence-corrected chi connectivity index (χ3v) is 3.69. The van der Waals surface area contributed by atoms with Gasteiger partial charge in [0.15, 0.2) is 0 Å². The summed E-state index contributed by atoms with van der Waals surface area (Å²) in [5.74, 6) is -0.252. The van der Waals surface area contributed by atoms with Crippen molar-refractivity contribution in [2.45, 2.75) is 39.1 Å². The number of amides is 1. The highest BCUT2D eigenvalue weighted by Gasteiger charge is 2.33. The van der Waals surface area contributed by atoms with E-state index in [0.717, 1.165) is 12.8 Å². The van der Waals surface area contributed by atoms with E-state index in [1.807, 2.05) is 0 Å². The molecule has 1 saturated heterocycles. The number of hydrogen-bond acceptors (Lipinski definition) is 4. The van der Waals surface area contributed by atoms with Gasteiger partial charge in [0.2, 0.25) is 0 Å². The van der Waals surface area contributed by atoms with E-state index in [-0.39, 0.29) is 11.5 Å². The van der Waals surface area contributed by atoms with Crippen LogP contribution in [0.3, 0.4) is 0 Å². The Kier molecular flexibility index (Phi) is 4.62. The summed E-state index contributed by atoms with van der Waals surface area (Å²) in [6.45, 7) is 4.05. The summed E-state index contributed by atoms with van der Waals surface area (Å²) < 4.78 is 1.20. The number of aryl methyl sites for hydroxylation is 1. The van der Waals surface area contributed by atoms with E-state index < -0.39 is 13.1 Å². The predicted octanol–water partition coefficient (Wildman–Crippen LogP) is 0.192. The number of hydrogen-bond donors (Lipinski definition) is 2. The first-order chi connectivity index (χ1) is 9.50. The Labute approximate surface area is 118 Å². The van der Waals surface area contributed by atoms with Gasteiger partial charge in [0.25, 0.3) is 11.5 Å². The van der Waals surface area contributed by atoms with Crippen LogP contribution in [0.1, 0.15) is 24.8 Å². The lowest BCUT2D eigenvalue weighted by Gasteiger charge is -2.35. The second kappa shape index (κ2) is 6.24. The Morgan fingerprint density at radius 3 is 2.95 bits per heavy atom. The zero-order valence-corrected chi connectivity index (χ0v) is 11.9. The van der Waals surface area contributed by atoms with Crippen molar-refractivity contribution >= 4 is 13.0 Å². The summed E-state index contributed by atoms with van der Waals surface area (Å²) in [4.78, 5) is 26.0. The number of rotatable bonds is 3. The number of piperidine rings is 1. The van der Waals surface area contributed by atoms with Crippen molar-refractivity contribution in [3.63, 3.8) is 0 Å². The number of carbonyl (C=O) groups excluding carboxylic acids is 1. The molecule has 2 heterocycles. The zero-order chi connectivity index (χ0) is 14.7. The van der Waals surface area contributed by atoms with Crippen LogP contribution in [0.15, 0.2) is 23.1 Å². The fraction of sp³-hybridized carbons (Fsp3) is 0.538. The molecule has 0 saturated carbocycles. The van der Waals surface area contributed by atoms with Crippen LogP contribution >= 0.6 is 0 Å². The third kappa shape index (κ3) is 3.11. The highest BCUT2D eigenvalue weighted by atomic mass is 16.2. The van der Waals surface area contributed by atoms with Gasteiger partial charge < -0.3 is 9.83 Å². The molecule has 1 amide bonds. The van der Waals surface area contributed by atoms with E-state index in [1.54, 1.807) is 30.7 Å². The molecule has 6 nitrogen and oxygen atoms in total. The first kappa shape index (κ1) is 14.8. The zero-order valence-electron chi connectivity index (χ0n) is 11.9. The molecule has 0 aliphatic carbocycles. The molecule has 0 radical (unpaired) electrons. The molecule has 2 rings (SSSR count). The first-order valence-corrected chi connectivity index (χ1v) is 6.93. The standard InChI is InChI=1S/C13H20BN3O3/c1-10-6-5-9-17(13(10)19)15-12(18)11-7-3-4-8-16(11)14(2)20/h5-6,9,11,20H,3-4,7-8H2,1-2H3,(H,15,18). The van der Waals surface area contributed by atoms with Crippen LogP contribution in [0.4, 0.5) is 0 Å². The molecule has 0 spiro atoms. The van der Waals surface area contributed by atoms with Crippen LogP contribution in [0.5, 0.6) is 0 Å². The minimum Gasteiger partial charge on any atom is -0.437 e. The van der Waals surface area contributed by atoms with Gasteiger partial charge in [-0.25, -0.2) is 4.68 Å². The predicted molar refractivity (Wildman–Crippen MR) is 78.0 cm³/mol. The van der Waals surface area contributed by atoms with E-state index in [9.17, 15) is 14.6 Å². The molecule has 1 aliphatic heterocycles. The van der Waals surface area contributed by atoms with Gasteiger partial charge in [-0.05, 0) is 39.2 Å². The summed E-state index contributed by atoms with van der Waals surface area (Å²) in [6.07, 6.45) is 4.14. The Morgan fingerprint density at radius 2 is 2.25 bits per heavy atom. The van der Waals surface area contributed by atoms with Crippen LogP contribution in [-0.2, 0) is 4.79 Å². The molecule has 0 aromatic carbocycles. The Morgan fingerprint density at radius 1 is 1.50 bits per heavy atom. The average Bonchev–Trinajstić information content (AvgIpc) is 2.43. The topological polar surface area (TPSA) is 74.6 Å². The monoisotopic (exact) mass is 277 g/mol. The highest BCUT2D eigenvalue weighted by molar-refractivity contribution is 6.45. The summed E-state index contributed by atoms with van der Waals surface area (Å²) in [7, 11) is -0.666. The van der Waals surface area contributed by atoms with E-state index in [2.05, 4.69) is 5.43 Å². The lowest BCUT2D eigenvalue weighted by atomic mass is 9.79. The molecule has 1 unspecified atom stereocenters. The lowest BCUT2D eigenvalue weighted by molar-refractivity contribution is -0.121. The minimum absolute atomic E-state index is 0.236. The molecule has 1 aromatic rings. The van der Waals surface area contributed by atoms with Gasteiger partial charge in [-0.1, -0.05) is 12.5 Å². The first-order valence-electron chi connectivity index (χ1n) is 6.93. The minimum atomic E-state index is -0.666. The van der Waals surface area contributed by atoms with E-state index >= 15 is 0 Å². The number of pyridine rings is 1. The SMILES string of the molecule is CB(O)N1CCCCC1C(=O)Nn1cccc(C)c1=O. The smallest absolute Gasteiger partial charge is 0.377 e. The van der Waals surface area contributed by atoms with Gasteiger partial charge in [0, 0.05) is 11.8 Å². The van der Waals surface area contributed by atoms with Gasteiger partial charge in [-0.2, -0.15) is 0 Å². The van der Waals surface area contributed by atoms with Crippen LogP contribution in [0, 0.1) is 6.92 Å². The molecular weight excluding hydrogens is 257 g/mol. The molecule has 7 heteroatoms. The van der Waals surface area contributed by atoms with Crippen molar-refractivity contribution in [3.8, 4) is 0 Å². The molecule has 0 bridgehead atoms. The molecule has 2 N–H and O–H groups in total. The van der Waals surface area contributed by atoms with Gasteiger partial charge in [0.05, 0.1) is 6.04 Å². The Balaban J connectivity index is 2.14. The average molecular weight is 277 g/mol. The lowest BCUT2D eigenvalue weighted by Crippen LogP contribution is -2.54. The Hall–Kier alpha value is -1.60. The number of nitrogens with zero attached hydrogens (tertiary/aromatic N) is 2. The van der Waals surface area contributed by atoms with Crippen molar-refractivity contribution in [1.82, 2.24) is 9.49 Å². The fourth-order valence-corrected chi connectivity index (χ4v) is 2.57. The van der Waals surface area contributed by atoms with Crippen LogP contribution < -0.4 is 11.0 Å². The molecule has 1 atom stereocenters. The van der Waals surface area contributed by atoms with E-state index in [4.69, 9.17) is 0 Å². The molecular formula is C13H20BN3O3. The van der Waals surface area contributed by atoms with Crippen LogP contribution in [0.2, 0.25) is 6.82 Å². The molecule has 108 valence electrons. The second-order valence-corrected chi connectivity index (χ2v) is 5.22. The van der Waals surface area contributed by atoms with E-state index in [0.29, 0.717) is 18.5 Å². The summed E-state index contributed by atoms with van der Waals surface area (Å²) in [5, 5.41) is 9.74. The number of aromatic nitrogens is 1. The van der Waals surface area contributed by atoms with Crippen molar-refractivity contribution in [2.24, 2.45) is 0 Å². The van der Waals surface area contributed by atoms with Gasteiger partial charge in [-0.15, -0.1) is 0 Å². The maximum Gasteiger partial charge on any atom is 0.377 e.